The minimum atomic E-state index is -0.603. The average molecular weight is 254 g/mol. The highest BCUT2D eigenvalue weighted by Gasteiger charge is 2.16. The number of hydrogen-bond donors (Lipinski definition) is 2. The second-order valence-corrected chi connectivity index (χ2v) is 4.86. The van der Waals surface area contributed by atoms with Crippen molar-refractivity contribution in [2.24, 2.45) is 10.7 Å². The number of nitrogens with zero attached hydrogens (tertiary/aromatic N) is 2. The van der Waals surface area contributed by atoms with Crippen molar-refractivity contribution in [3.8, 4) is 6.07 Å². The highest BCUT2D eigenvalue weighted by atomic mass is 16.6. The summed E-state index contributed by atoms with van der Waals surface area (Å²) in [5.74, 6) is 0.0598. The van der Waals surface area contributed by atoms with Gasteiger partial charge in [0.15, 0.2) is 5.96 Å². The van der Waals surface area contributed by atoms with E-state index in [-0.39, 0.29) is 5.96 Å². The fraction of sp³-hybridized carbons (Fsp3) is 0.750. The molecule has 0 saturated heterocycles. The van der Waals surface area contributed by atoms with Gasteiger partial charge in [-0.05, 0) is 33.6 Å². The van der Waals surface area contributed by atoms with Gasteiger partial charge < -0.3 is 10.5 Å². The van der Waals surface area contributed by atoms with Crippen molar-refractivity contribution in [3.63, 3.8) is 0 Å². The largest absolute Gasteiger partial charge is 0.444 e. The Morgan fingerprint density at radius 1 is 1.39 bits per heavy atom. The molecule has 6 heteroatoms. The molecule has 0 rings (SSSR count). The normalized spacial score (nSPS) is 11.8. The lowest BCUT2D eigenvalue weighted by Gasteiger charge is -2.19. The third-order valence-corrected chi connectivity index (χ3v) is 1.86. The highest BCUT2D eigenvalue weighted by Crippen LogP contribution is 2.06. The molecule has 0 aliphatic carbocycles. The van der Waals surface area contributed by atoms with E-state index in [1.54, 1.807) is 20.8 Å². The van der Waals surface area contributed by atoms with Gasteiger partial charge in [0, 0.05) is 13.0 Å². The summed E-state index contributed by atoms with van der Waals surface area (Å²) >= 11 is 0. The Bertz CT molecular complexity index is 326. The first-order valence-electron chi connectivity index (χ1n) is 6.02. The van der Waals surface area contributed by atoms with Crippen LogP contribution in [0.1, 0.15) is 46.5 Å². The zero-order valence-electron chi connectivity index (χ0n) is 11.3. The standard InChI is InChI=1S/C12H22N4O2/c1-12(2,3)18-11(17)16-10(14)15-9-7-5-4-6-8-13/h4-7,9H2,1-3H3,(H3,14,15,16,17). The number of aliphatic imine (C=N–C) groups is 1. The van der Waals surface area contributed by atoms with E-state index in [4.69, 9.17) is 15.7 Å². The van der Waals surface area contributed by atoms with Gasteiger partial charge >= 0.3 is 6.09 Å². The molecule has 0 saturated carbocycles. The molecule has 0 aromatic rings. The predicted molar refractivity (Wildman–Crippen MR) is 69.9 cm³/mol. The van der Waals surface area contributed by atoms with Crippen molar-refractivity contribution in [3.05, 3.63) is 0 Å². The van der Waals surface area contributed by atoms with Crippen molar-refractivity contribution in [1.29, 1.82) is 5.26 Å². The van der Waals surface area contributed by atoms with E-state index < -0.39 is 11.7 Å². The van der Waals surface area contributed by atoms with Crippen LogP contribution in [-0.4, -0.2) is 24.2 Å². The van der Waals surface area contributed by atoms with Crippen LogP contribution < -0.4 is 11.1 Å². The second kappa shape index (κ2) is 8.34. The Morgan fingerprint density at radius 2 is 2.06 bits per heavy atom. The quantitative estimate of drug-likeness (QED) is 0.444. The number of alkyl carbamates (subject to hydrolysis) is 1. The van der Waals surface area contributed by atoms with Gasteiger partial charge in [0.05, 0.1) is 6.07 Å². The smallest absolute Gasteiger partial charge is 0.414 e. The number of carbonyl (C=O) groups is 1. The molecule has 1 amide bonds. The molecule has 18 heavy (non-hydrogen) atoms. The molecule has 0 atom stereocenters. The number of guanidine groups is 1. The Balaban J connectivity index is 3.78. The first-order chi connectivity index (χ1) is 8.35. The van der Waals surface area contributed by atoms with Crippen LogP contribution in [0.25, 0.3) is 0 Å². The number of nitriles is 1. The maximum Gasteiger partial charge on any atom is 0.414 e. The number of nitrogens with one attached hydrogen (secondary N) is 1. The van der Waals surface area contributed by atoms with Gasteiger partial charge in [0.25, 0.3) is 0 Å². The van der Waals surface area contributed by atoms with E-state index in [1.165, 1.54) is 0 Å². The van der Waals surface area contributed by atoms with Gasteiger partial charge in [0.1, 0.15) is 5.60 Å². The van der Waals surface area contributed by atoms with Crippen LogP contribution in [0.3, 0.4) is 0 Å². The van der Waals surface area contributed by atoms with E-state index >= 15 is 0 Å². The molecular weight excluding hydrogens is 232 g/mol. The lowest BCUT2D eigenvalue weighted by Crippen LogP contribution is -2.40. The summed E-state index contributed by atoms with van der Waals surface area (Å²) < 4.78 is 5.02. The van der Waals surface area contributed by atoms with E-state index in [2.05, 4.69) is 16.4 Å². The summed E-state index contributed by atoms with van der Waals surface area (Å²) in [5.41, 5.74) is 4.97. The van der Waals surface area contributed by atoms with Crippen LogP contribution in [0.2, 0.25) is 0 Å². The monoisotopic (exact) mass is 254 g/mol. The summed E-state index contributed by atoms with van der Waals surface area (Å²) in [6, 6.07) is 2.08. The van der Waals surface area contributed by atoms with Gasteiger partial charge in [-0.15, -0.1) is 0 Å². The molecule has 0 fully saturated rings. The van der Waals surface area contributed by atoms with E-state index in [1.807, 2.05) is 0 Å². The molecule has 0 heterocycles. The predicted octanol–water partition coefficient (Wildman–Crippen LogP) is 1.91. The van der Waals surface area contributed by atoms with Crippen LogP contribution in [0.4, 0.5) is 4.79 Å². The number of carbonyl (C=O) groups excluding carboxylic acids is 1. The molecule has 0 spiro atoms. The number of unbranched alkanes of at least 4 members (excludes halogenated alkanes) is 3. The maximum atomic E-state index is 11.3. The molecule has 6 nitrogen and oxygen atoms in total. The Labute approximate surface area is 108 Å². The number of ether oxygens (including phenoxy) is 1. The molecule has 0 bridgehead atoms. The molecule has 102 valence electrons. The number of amides is 1. The summed E-state index contributed by atoms with van der Waals surface area (Å²) in [7, 11) is 0. The van der Waals surface area contributed by atoms with Crippen LogP contribution >= 0.6 is 0 Å². The SMILES string of the molecule is CC(C)(C)OC(=O)NC(N)=NCCCCCC#N. The topological polar surface area (TPSA) is 100 Å². The fourth-order valence-corrected chi connectivity index (χ4v) is 1.14. The summed E-state index contributed by atoms with van der Waals surface area (Å²) in [4.78, 5) is 15.3. The van der Waals surface area contributed by atoms with Crippen LogP contribution in [-0.2, 0) is 4.74 Å². The maximum absolute atomic E-state index is 11.3. The number of hydrogen-bond acceptors (Lipinski definition) is 4. The third-order valence-electron chi connectivity index (χ3n) is 1.86. The van der Waals surface area contributed by atoms with Crippen molar-refractivity contribution in [2.45, 2.75) is 52.1 Å². The molecule has 0 aromatic heterocycles. The molecule has 0 aliphatic heterocycles. The molecular formula is C12H22N4O2. The van der Waals surface area contributed by atoms with Gasteiger partial charge in [-0.1, -0.05) is 6.42 Å². The molecule has 0 unspecified atom stereocenters. The minimum Gasteiger partial charge on any atom is -0.444 e. The summed E-state index contributed by atoms with van der Waals surface area (Å²) in [6.45, 7) is 5.85. The van der Waals surface area contributed by atoms with Crippen molar-refractivity contribution in [1.82, 2.24) is 5.32 Å². The van der Waals surface area contributed by atoms with Crippen molar-refractivity contribution < 1.29 is 9.53 Å². The lowest BCUT2D eigenvalue weighted by atomic mass is 10.2. The summed E-state index contributed by atoms with van der Waals surface area (Å²) in [6.07, 6.45) is 2.60. The molecule has 0 radical (unpaired) electrons. The number of rotatable bonds is 5. The van der Waals surface area contributed by atoms with Crippen LogP contribution in [0, 0.1) is 11.3 Å². The Kier molecular flexibility index (Phi) is 7.52. The first-order valence-corrected chi connectivity index (χ1v) is 6.02. The van der Waals surface area contributed by atoms with E-state index in [9.17, 15) is 4.79 Å². The van der Waals surface area contributed by atoms with Crippen molar-refractivity contribution >= 4 is 12.1 Å². The third kappa shape index (κ3) is 10.7. The molecule has 0 aliphatic rings. The van der Waals surface area contributed by atoms with Gasteiger partial charge in [0.2, 0.25) is 0 Å². The zero-order chi connectivity index (χ0) is 14.0. The van der Waals surface area contributed by atoms with Gasteiger partial charge in [-0.2, -0.15) is 5.26 Å². The Morgan fingerprint density at radius 3 is 2.61 bits per heavy atom. The minimum absolute atomic E-state index is 0.0598. The van der Waals surface area contributed by atoms with Gasteiger partial charge in [-0.3, -0.25) is 10.3 Å². The molecule has 3 N–H and O–H groups in total. The van der Waals surface area contributed by atoms with E-state index in [0.717, 1.165) is 19.3 Å². The van der Waals surface area contributed by atoms with Gasteiger partial charge in [-0.25, -0.2) is 4.79 Å². The zero-order valence-corrected chi connectivity index (χ0v) is 11.3. The number of nitrogens with two attached hydrogens (primary N) is 1. The lowest BCUT2D eigenvalue weighted by molar-refractivity contribution is 0.0562. The first kappa shape index (κ1) is 16.2. The Hall–Kier alpha value is -1.77. The highest BCUT2D eigenvalue weighted by molar-refractivity contribution is 5.92. The second-order valence-electron chi connectivity index (χ2n) is 4.86. The van der Waals surface area contributed by atoms with Crippen LogP contribution in [0.5, 0.6) is 0 Å². The fourth-order valence-electron chi connectivity index (χ4n) is 1.14. The van der Waals surface area contributed by atoms with Crippen molar-refractivity contribution in [2.75, 3.05) is 6.54 Å². The average Bonchev–Trinajstić information content (AvgIpc) is 2.20. The molecule has 0 aromatic carbocycles. The summed E-state index contributed by atoms with van der Waals surface area (Å²) in [5, 5.41) is 10.7. The van der Waals surface area contributed by atoms with E-state index in [0.29, 0.717) is 13.0 Å². The van der Waals surface area contributed by atoms with Crippen LogP contribution in [0.15, 0.2) is 4.99 Å².